The molecule has 0 spiro atoms. The van der Waals surface area contributed by atoms with Gasteiger partial charge in [0.15, 0.2) is 0 Å². The van der Waals surface area contributed by atoms with E-state index >= 15 is 0 Å². The van der Waals surface area contributed by atoms with Gasteiger partial charge in [0.25, 0.3) is 0 Å². The van der Waals surface area contributed by atoms with Crippen molar-refractivity contribution >= 4 is 28.6 Å². The molecule has 0 radical (unpaired) electrons. The SMILES string of the molecule is COc1ccc(OC(=O)C(I)C(C)F)cc1. The van der Waals surface area contributed by atoms with Crippen LogP contribution in [0.1, 0.15) is 6.92 Å². The maximum absolute atomic E-state index is 12.8. The van der Waals surface area contributed by atoms with E-state index in [0.29, 0.717) is 11.5 Å². The largest absolute Gasteiger partial charge is 0.497 e. The second-order valence-corrected chi connectivity index (χ2v) is 4.52. The van der Waals surface area contributed by atoms with Crippen molar-refractivity contribution < 1.29 is 18.7 Å². The van der Waals surface area contributed by atoms with Crippen LogP contribution in [0.5, 0.6) is 11.5 Å². The Morgan fingerprint density at radius 3 is 2.25 bits per heavy atom. The highest BCUT2D eigenvalue weighted by Crippen LogP contribution is 2.19. The van der Waals surface area contributed by atoms with Crippen LogP contribution in [-0.2, 0) is 4.79 Å². The van der Waals surface area contributed by atoms with Crippen molar-refractivity contribution in [3.63, 3.8) is 0 Å². The summed E-state index contributed by atoms with van der Waals surface area (Å²) in [6.07, 6.45) is -1.23. The molecule has 2 atom stereocenters. The van der Waals surface area contributed by atoms with Gasteiger partial charge < -0.3 is 9.47 Å². The van der Waals surface area contributed by atoms with E-state index in [-0.39, 0.29) is 0 Å². The zero-order valence-electron chi connectivity index (χ0n) is 8.94. The van der Waals surface area contributed by atoms with Crippen LogP contribution in [0.3, 0.4) is 0 Å². The monoisotopic (exact) mass is 338 g/mol. The number of benzene rings is 1. The summed E-state index contributed by atoms with van der Waals surface area (Å²) in [5, 5.41) is 0. The summed E-state index contributed by atoms with van der Waals surface area (Å²) in [6, 6.07) is 6.54. The highest BCUT2D eigenvalue weighted by Gasteiger charge is 2.23. The predicted molar refractivity (Wildman–Crippen MR) is 67.0 cm³/mol. The molecule has 0 amide bonds. The van der Waals surface area contributed by atoms with Crippen LogP contribution in [0.4, 0.5) is 4.39 Å². The average molecular weight is 338 g/mol. The fourth-order valence-corrected chi connectivity index (χ4v) is 1.13. The Kier molecular flexibility index (Phi) is 4.98. The zero-order valence-corrected chi connectivity index (χ0v) is 11.1. The number of ether oxygens (including phenoxy) is 2. The van der Waals surface area contributed by atoms with Gasteiger partial charge in [-0.15, -0.1) is 0 Å². The zero-order chi connectivity index (χ0) is 12.1. The standard InChI is InChI=1S/C11H12FIO3/c1-7(12)10(13)11(14)16-9-5-3-8(15-2)4-6-9/h3-7,10H,1-2H3. The Bertz CT molecular complexity index is 351. The number of rotatable bonds is 4. The highest BCUT2D eigenvalue weighted by atomic mass is 127. The molecule has 1 rings (SSSR count). The van der Waals surface area contributed by atoms with Gasteiger partial charge in [0.1, 0.15) is 21.6 Å². The minimum Gasteiger partial charge on any atom is -0.497 e. The second-order valence-electron chi connectivity index (χ2n) is 3.18. The molecule has 0 aliphatic carbocycles. The van der Waals surface area contributed by atoms with Crippen molar-refractivity contribution in [3.8, 4) is 11.5 Å². The molecule has 1 aromatic carbocycles. The number of alkyl halides is 2. The number of hydrogen-bond donors (Lipinski definition) is 0. The Morgan fingerprint density at radius 2 is 1.81 bits per heavy atom. The van der Waals surface area contributed by atoms with E-state index in [4.69, 9.17) is 9.47 Å². The first kappa shape index (κ1) is 13.2. The minimum absolute atomic E-state index is 0.383. The number of methoxy groups -OCH3 is 1. The number of hydrogen-bond acceptors (Lipinski definition) is 3. The van der Waals surface area contributed by atoms with E-state index in [0.717, 1.165) is 0 Å². The van der Waals surface area contributed by atoms with Gasteiger partial charge in [-0.1, -0.05) is 22.6 Å². The molecule has 2 unspecified atom stereocenters. The van der Waals surface area contributed by atoms with E-state index in [1.165, 1.54) is 6.92 Å². The van der Waals surface area contributed by atoms with Crippen molar-refractivity contribution in [2.75, 3.05) is 7.11 Å². The molecule has 0 aliphatic heterocycles. The molecule has 3 nitrogen and oxygen atoms in total. The Morgan fingerprint density at radius 1 is 1.31 bits per heavy atom. The maximum atomic E-state index is 12.8. The summed E-state index contributed by atoms with van der Waals surface area (Å²) in [4.78, 5) is 11.4. The molecule has 0 saturated heterocycles. The van der Waals surface area contributed by atoms with Crippen LogP contribution >= 0.6 is 22.6 Å². The summed E-state index contributed by atoms with van der Waals surface area (Å²) in [6.45, 7) is 1.33. The van der Waals surface area contributed by atoms with Crippen molar-refractivity contribution in [2.45, 2.75) is 17.0 Å². The second kappa shape index (κ2) is 6.03. The number of carbonyl (C=O) groups is 1. The smallest absolute Gasteiger partial charge is 0.327 e. The summed E-state index contributed by atoms with van der Waals surface area (Å²) >= 11 is 1.72. The van der Waals surface area contributed by atoms with Crippen LogP contribution in [0.2, 0.25) is 0 Å². The van der Waals surface area contributed by atoms with Crippen LogP contribution in [-0.4, -0.2) is 23.2 Å². The van der Waals surface area contributed by atoms with Gasteiger partial charge in [0, 0.05) is 0 Å². The van der Waals surface area contributed by atoms with E-state index < -0.39 is 16.1 Å². The number of halogens is 2. The third kappa shape index (κ3) is 3.62. The molecule has 0 bridgehead atoms. The van der Waals surface area contributed by atoms with E-state index in [1.807, 2.05) is 0 Å². The third-order valence-corrected chi connectivity index (χ3v) is 3.41. The number of carbonyl (C=O) groups excluding carboxylic acids is 1. The molecule has 0 aliphatic rings. The van der Waals surface area contributed by atoms with Crippen LogP contribution in [0.25, 0.3) is 0 Å². The van der Waals surface area contributed by atoms with Crippen molar-refractivity contribution in [3.05, 3.63) is 24.3 Å². The van der Waals surface area contributed by atoms with E-state index in [1.54, 1.807) is 54.0 Å². The molecule has 0 aromatic heterocycles. The molecular weight excluding hydrogens is 326 g/mol. The lowest BCUT2D eigenvalue weighted by atomic mass is 10.3. The molecule has 0 N–H and O–H groups in total. The van der Waals surface area contributed by atoms with Gasteiger partial charge in [0.2, 0.25) is 0 Å². The fourth-order valence-electron chi connectivity index (χ4n) is 1.00. The Labute approximate surface area is 107 Å². The van der Waals surface area contributed by atoms with Gasteiger partial charge in [-0.2, -0.15) is 0 Å². The summed E-state index contributed by atoms with van der Waals surface area (Å²) in [7, 11) is 1.55. The lowest BCUT2D eigenvalue weighted by molar-refractivity contribution is -0.134. The summed E-state index contributed by atoms with van der Waals surface area (Å²) < 4.78 is 22.0. The summed E-state index contributed by atoms with van der Waals surface area (Å²) in [5.74, 6) is 0.471. The van der Waals surface area contributed by atoms with Gasteiger partial charge in [-0.3, -0.25) is 4.79 Å². The van der Waals surface area contributed by atoms with Gasteiger partial charge in [-0.25, -0.2) is 4.39 Å². The topological polar surface area (TPSA) is 35.5 Å². The maximum Gasteiger partial charge on any atom is 0.327 e. The predicted octanol–water partition coefficient (Wildman–Crippen LogP) is 2.76. The van der Waals surface area contributed by atoms with E-state index in [2.05, 4.69) is 0 Å². The Balaban J connectivity index is 2.62. The first-order chi connectivity index (χ1) is 7.54. The minimum atomic E-state index is -1.23. The van der Waals surface area contributed by atoms with E-state index in [9.17, 15) is 9.18 Å². The first-order valence-electron chi connectivity index (χ1n) is 4.68. The lowest BCUT2D eigenvalue weighted by Gasteiger charge is -2.10. The first-order valence-corrected chi connectivity index (χ1v) is 5.93. The molecule has 0 fully saturated rings. The normalized spacial score (nSPS) is 14.0. The fraction of sp³-hybridized carbons (Fsp3) is 0.364. The molecule has 0 saturated carbocycles. The average Bonchev–Trinajstić information content (AvgIpc) is 2.28. The summed E-state index contributed by atoms with van der Waals surface area (Å²) in [5.41, 5.74) is 0. The van der Waals surface area contributed by atoms with Crippen molar-refractivity contribution in [2.24, 2.45) is 0 Å². The van der Waals surface area contributed by atoms with Crippen LogP contribution < -0.4 is 9.47 Å². The van der Waals surface area contributed by atoms with Gasteiger partial charge in [0.05, 0.1) is 7.11 Å². The Hall–Kier alpha value is -0.850. The van der Waals surface area contributed by atoms with Crippen LogP contribution in [0, 0.1) is 0 Å². The van der Waals surface area contributed by atoms with Crippen LogP contribution in [0.15, 0.2) is 24.3 Å². The molecule has 0 heterocycles. The van der Waals surface area contributed by atoms with Crippen molar-refractivity contribution in [1.29, 1.82) is 0 Å². The highest BCUT2D eigenvalue weighted by molar-refractivity contribution is 14.1. The number of esters is 1. The molecule has 88 valence electrons. The lowest BCUT2D eigenvalue weighted by Crippen LogP contribution is -2.27. The van der Waals surface area contributed by atoms with Gasteiger partial charge >= 0.3 is 5.97 Å². The van der Waals surface area contributed by atoms with Gasteiger partial charge in [-0.05, 0) is 31.2 Å². The molecule has 5 heteroatoms. The molecular formula is C11H12FIO3. The third-order valence-electron chi connectivity index (χ3n) is 1.91. The quantitative estimate of drug-likeness (QED) is 0.367. The van der Waals surface area contributed by atoms with Crippen molar-refractivity contribution in [1.82, 2.24) is 0 Å². The molecule has 16 heavy (non-hydrogen) atoms. The molecule has 1 aromatic rings.